The number of benzene rings is 1. The molecule has 0 atom stereocenters. The Balaban J connectivity index is 3.00. The van der Waals surface area contributed by atoms with Gasteiger partial charge in [0.2, 0.25) is 0 Å². The molecular formula is C13H20N2O3. The molecule has 0 unspecified atom stereocenters. The number of carbonyl (C=O) groups is 1. The zero-order valence-corrected chi connectivity index (χ0v) is 11.1. The van der Waals surface area contributed by atoms with Crippen LogP contribution in [0.1, 0.15) is 17.3 Å². The molecule has 5 nitrogen and oxygen atoms in total. The number of rotatable bonds is 6. The van der Waals surface area contributed by atoms with Crippen LogP contribution >= 0.6 is 0 Å². The van der Waals surface area contributed by atoms with E-state index in [1.165, 1.54) is 7.11 Å². The molecule has 1 rings (SSSR count). The highest BCUT2D eigenvalue weighted by Crippen LogP contribution is 2.25. The Hall–Kier alpha value is -1.75. The number of likely N-dealkylation sites (N-methyl/N-ethyl adjacent to an activating group) is 1. The summed E-state index contributed by atoms with van der Waals surface area (Å²) in [6, 6.07) is 5.18. The lowest BCUT2D eigenvalue weighted by molar-refractivity contribution is 0.0704. The highest BCUT2D eigenvalue weighted by atomic mass is 16.5. The number of methoxy groups -OCH3 is 2. The number of nitrogens with zero attached hydrogens (tertiary/aromatic N) is 1. The van der Waals surface area contributed by atoms with Crippen molar-refractivity contribution in [2.24, 2.45) is 0 Å². The first kappa shape index (κ1) is 14.3. The van der Waals surface area contributed by atoms with Gasteiger partial charge in [-0.1, -0.05) is 6.07 Å². The van der Waals surface area contributed by atoms with E-state index in [9.17, 15) is 4.79 Å². The summed E-state index contributed by atoms with van der Waals surface area (Å²) in [4.78, 5) is 14.1. The third-order valence-corrected chi connectivity index (χ3v) is 2.73. The summed E-state index contributed by atoms with van der Waals surface area (Å²) in [6.07, 6.45) is 0. The molecule has 2 N–H and O–H groups in total. The molecule has 0 aliphatic carbocycles. The van der Waals surface area contributed by atoms with E-state index in [1.807, 2.05) is 6.92 Å². The van der Waals surface area contributed by atoms with Gasteiger partial charge < -0.3 is 20.1 Å². The second kappa shape index (κ2) is 6.86. The molecule has 0 aliphatic rings. The Labute approximate surface area is 107 Å². The van der Waals surface area contributed by atoms with Gasteiger partial charge in [-0.25, -0.2) is 0 Å². The van der Waals surface area contributed by atoms with E-state index >= 15 is 0 Å². The molecule has 0 spiro atoms. The highest BCUT2D eigenvalue weighted by Gasteiger charge is 2.20. The largest absolute Gasteiger partial charge is 0.496 e. The van der Waals surface area contributed by atoms with Gasteiger partial charge in [-0.2, -0.15) is 0 Å². The third kappa shape index (κ3) is 3.13. The van der Waals surface area contributed by atoms with Gasteiger partial charge in [-0.15, -0.1) is 0 Å². The molecule has 5 heteroatoms. The van der Waals surface area contributed by atoms with Crippen LogP contribution in [-0.4, -0.2) is 44.7 Å². The molecule has 18 heavy (non-hydrogen) atoms. The lowest BCUT2D eigenvalue weighted by Crippen LogP contribution is -2.34. The molecule has 0 bridgehead atoms. The van der Waals surface area contributed by atoms with Crippen molar-refractivity contribution in [2.45, 2.75) is 6.92 Å². The van der Waals surface area contributed by atoms with Gasteiger partial charge in [0.25, 0.3) is 5.91 Å². The second-order valence-electron chi connectivity index (χ2n) is 3.80. The fourth-order valence-corrected chi connectivity index (χ4v) is 1.71. The SMILES string of the molecule is CCN(CCOC)C(=O)c1c(N)cccc1OC. The van der Waals surface area contributed by atoms with Crippen molar-refractivity contribution in [3.8, 4) is 5.75 Å². The lowest BCUT2D eigenvalue weighted by Gasteiger charge is -2.22. The molecule has 0 radical (unpaired) electrons. The Kier molecular flexibility index (Phi) is 5.45. The first-order chi connectivity index (χ1) is 8.65. The minimum atomic E-state index is -0.135. The first-order valence-electron chi connectivity index (χ1n) is 5.86. The van der Waals surface area contributed by atoms with Crippen molar-refractivity contribution in [1.29, 1.82) is 0 Å². The highest BCUT2D eigenvalue weighted by molar-refractivity contribution is 6.01. The minimum absolute atomic E-state index is 0.135. The predicted octanol–water partition coefficient (Wildman–Crippen LogP) is 1.39. The first-order valence-corrected chi connectivity index (χ1v) is 5.86. The van der Waals surface area contributed by atoms with Crippen molar-refractivity contribution in [1.82, 2.24) is 4.90 Å². The van der Waals surface area contributed by atoms with Crippen molar-refractivity contribution >= 4 is 11.6 Å². The van der Waals surface area contributed by atoms with E-state index in [4.69, 9.17) is 15.2 Å². The summed E-state index contributed by atoms with van der Waals surface area (Å²) < 4.78 is 10.2. The summed E-state index contributed by atoms with van der Waals surface area (Å²) in [5.41, 5.74) is 6.70. The van der Waals surface area contributed by atoms with Crippen LogP contribution in [0.4, 0.5) is 5.69 Å². The van der Waals surface area contributed by atoms with Gasteiger partial charge in [-0.3, -0.25) is 4.79 Å². The molecule has 1 aromatic carbocycles. The van der Waals surface area contributed by atoms with Gasteiger partial charge in [0.1, 0.15) is 11.3 Å². The number of carbonyl (C=O) groups excluding carboxylic acids is 1. The fourth-order valence-electron chi connectivity index (χ4n) is 1.71. The Morgan fingerprint density at radius 3 is 2.67 bits per heavy atom. The molecule has 0 heterocycles. The molecule has 0 aromatic heterocycles. The molecule has 0 saturated carbocycles. The number of nitrogens with two attached hydrogens (primary N) is 1. The fraction of sp³-hybridized carbons (Fsp3) is 0.462. The Morgan fingerprint density at radius 2 is 2.11 bits per heavy atom. The summed E-state index contributed by atoms with van der Waals surface area (Å²) in [7, 11) is 3.13. The van der Waals surface area contributed by atoms with Crippen LogP contribution in [-0.2, 0) is 4.74 Å². The topological polar surface area (TPSA) is 64.8 Å². The summed E-state index contributed by atoms with van der Waals surface area (Å²) in [6.45, 7) is 3.54. The average molecular weight is 252 g/mol. The van der Waals surface area contributed by atoms with Crippen LogP contribution in [0.25, 0.3) is 0 Å². The zero-order chi connectivity index (χ0) is 13.5. The van der Waals surface area contributed by atoms with Crippen LogP contribution in [0.2, 0.25) is 0 Å². The predicted molar refractivity (Wildman–Crippen MR) is 70.9 cm³/mol. The number of amides is 1. The van der Waals surface area contributed by atoms with E-state index in [2.05, 4.69) is 0 Å². The normalized spacial score (nSPS) is 10.2. The van der Waals surface area contributed by atoms with Gasteiger partial charge >= 0.3 is 0 Å². The Bertz CT molecular complexity index is 407. The monoisotopic (exact) mass is 252 g/mol. The van der Waals surface area contributed by atoms with Gasteiger partial charge in [0.15, 0.2) is 0 Å². The van der Waals surface area contributed by atoms with E-state index < -0.39 is 0 Å². The van der Waals surface area contributed by atoms with E-state index in [0.717, 1.165) is 0 Å². The van der Waals surface area contributed by atoms with Gasteiger partial charge in [-0.05, 0) is 19.1 Å². The summed E-state index contributed by atoms with van der Waals surface area (Å²) in [5.74, 6) is 0.361. The molecular weight excluding hydrogens is 232 g/mol. The van der Waals surface area contributed by atoms with Crippen LogP contribution in [0.3, 0.4) is 0 Å². The number of ether oxygens (including phenoxy) is 2. The minimum Gasteiger partial charge on any atom is -0.496 e. The number of hydrogen-bond donors (Lipinski definition) is 1. The Morgan fingerprint density at radius 1 is 1.39 bits per heavy atom. The molecule has 0 fully saturated rings. The maximum atomic E-state index is 12.4. The number of anilines is 1. The zero-order valence-electron chi connectivity index (χ0n) is 11.1. The smallest absolute Gasteiger partial charge is 0.259 e. The maximum absolute atomic E-state index is 12.4. The van der Waals surface area contributed by atoms with Crippen molar-refractivity contribution in [3.05, 3.63) is 23.8 Å². The third-order valence-electron chi connectivity index (χ3n) is 2.73. The lowest BCUT2D eigenvalue weighted by atomic mass is 10.1. The van der Waals surface area contributed by atoms with Crippen LogP contribution in [0.5, 0.6) is 5.75 Å². The van der Waals surface area contributed by atoms with Crippen LogP contribution in [0, 0.1) is 0 Å². The second-order valence-corrected chi connectivity index (χ2v) is 3.80. The van der Waals surface area contributed by atoms with Crippen molar-refractivity contribution in [2.75, 3.05) is 39.6 Å². The quantitative estimate of drug-likeness (QED) is 0.777. The molecule has 1 aromatic rings. The van der Waals surface area contributed by atoms with Crippen LogP contribution in [0.15, 0.2) is 18.2 Å². The molecule has 0 saturated heterocycles. The maximum Gasteiger partial charge on any atom is 0.259 e. The van der Waals surface area contributed by atoms with E-state index in [1.54, 1.807) is 30.2 Å². The van der Waals surface area contributed by atoms with Gasteiger partial charge in [0, 0.05) is 25.9 Å². The molecule has 0 aliphatic heterocycles. The number of nitrogen functional groups attached to an aromatic ring is 1. The van der Waals surface area contributed by atoms with Crippen molar-refractivity contribution < 1.29 is 14.3 Å². The van der Waals surface area contributed by atoms with E-state index in [0.29, 0.717) is 36.7 Å². The van der Waals surface area contributed by atoms with Crippen LogP contribution < -0.4 is 10.5 Å². The standard InChI is InChI=1S/C13H20N2O3/c1-4-15(8-9-17-2)13(16)12-10(14)6-5-7-11(12)18-3/h5-7H,4,8-9,14H2,1-3H3. The van der Waals surface area contributed by atoms with E-state index in [-0.39, 0.29) is 5.91 Å². The summed E-state index contributed by atoms with van der Waals surface area (Å²) in [5, 5.41) is 0. The van der Waals surface area contributed by atoms with Gasteiger partial charge in [0.05, 0.1) is 13.7 Å². The summed E-state index contributed by atoms with van der Waals surface area (Å²) >= 11 is 0. The average Bonchev–Trinajstić information content (AvgIpc) is 2.38. The molecule has 100 valence electrons. The number of hydrogen-bond acceptors (Lipinski definition) is 4. The molecule has 1 amide bonds. The van der Waals surface area contributed by atoms with Crippen molar-refractivity contribution in [3.63, 3.8) is 0 Å².